The Kier molecular flexibility index (Phi) is 3.94. The van der Waals surface area contributed by atoms with Crippen molar-refractivity contribution in [2.45, 2.75) is 31.2 Å². The molecule has 0 bridgehead atoms. The molecule has 0 unspecified atom stereocenters. The summed E-state index contributed by atoms with van der Waals surface area (Å²) in [4.78, 5) is 0. The van der Waals surface area contributed by atoms with Crippen molar-refractivity contribution in [1.29, 1.82) is 0 Å². The Morgan fingerprint density at radius 3 is 2.47 bits per heavy atom. The van der Waals surface area contributed by atoms with Crippen LogP contribution in [0.15, 0.2) is 24.3 Å². The molecule has 2 nitrogen and oxygen atoms in total. The molecule has 0 saturated heterocycles. The van der Waals surface area contributed by atoms with E-state index in [1.54, 1.807) is 7.11 Å². The zero-order valence-corrected chi connectivity index (χ0v) is 9.83. The van der Waals surface area contributed by atoms with Gasteiger partial charge in [0.1, 0.15) is 5.75 Å². The van der Waals surface area contributed by atoms with Gasteiger partial charge < -0.3 is 10.1 Å². The fraction of sp³-hybridized carbons (Fsp3) is 0.538. The molecular weight excluding hydrogens is 224 g/mol. The van der Waals surface area contributed by atoms with E-state index in [0.717, 1.165) is 18.6 Å². The van der Waals surface area contributed by atoms with Crippen molar-refractivity contribution in [3.8, 4) is 5.75 Å². The van der Waals surface area contributed by atoms with Crippen molar-refractivity contribution in [2.75, 3.05) is 13.7 Å². The third-order valence-corrected chi connectivity index (χ3v) is 3.29. The fourth-order valence-corrected chi connectivity index (χ4v) is 2.19. The molecule has 0 aliphatic heterocycles. The van der Waals surface area contributed by atoms with E-state index in [2.05, 4.69) is 5.32 Å². The molecule has 1 N–H and O–H groups in total. The summed E-state index contributed by atoms with van der Waals surface area (Å²) in [7, 11) is 1.64. The number of methoxy groups -OCH3 is 1. The molecule has 0 heterocycles. The van der Waals surface area contributed by atoms with Crippen molar-refractivity contribution >= 4 is 0 Å². The van der Waals surface area contributed by atoms with Crippen molar-refractivity contribution in [1.82, 2.24) is 5.32 Å². The molecular formula is C13H17F2NO. The minimum absolute atomic E-state index is 0.194. The first-order valence-electron chi connectivity index (χ1n) is 5.84. The highest BCUT2D eigenvalue weighted by atomic mass is 19.3. The van der Waals surface area contributed by atoms with Gasteiger partial charge in [0.25, 0.3) is 6.43 Å². The van der Waals surface area contributed by atoms with Crippen LogP contribution in [0.2, 0.25) is 0 Å². The molecule has 1 aliphatic carbocycles. The number of halogens is 2. The summed E-state index contributed by atoms with van der Waals surface area (Å²) < 4.78 is 29.1. The van der Waals surface area contributed by atoms with Gasteiger partial charge in [-0.05, 0) is 36.5 Å². The number of ether oxygens (including phenoxy) is 1. The zero-order valence-electron chi connectivity index (χ0n) is 9.83. The van der Waals surface area contributed by atoms with Crippen LogP contribution in [0, 0.1) is 0 Å². The van der Waals surface area contributed by atoms with Gasteiger partial charge in [0, 0.05) is 6.04 Å². The lowest BCUT2D eigenvalue weighted by Crippen LogP contribution is -2.42. The average molecular weight is 241 g/mol. The molecule has 94 valence electrons. The third kappa shape index (κ3) is 3.16. The van der Waals surface area contributed by atoms with E-state index in [1.807, 2.05) is 24.3 Å². The van der Waals surface area contributed by atoms with Crippen LogP contribution in [-0.4, -0.2) is 26.1 Å². The number of hydrogen-bond acceptors (Lipinski definition) is 2. The molecule has 0 spiro atoms. The Morgan fingerprint density at radius 1 is 1.29 bits per heavy atom. The van der Waals surface area contributed by atoms with Crippen LogP contribution >= 0.6 is 0 Å². The van der Waals surface area contributed by atoms with Gasteiger partial charge >= 0.3 is 0 Å². The van der Waals surface area contributed by atoms with Gasteiger partial charge in [-0.15, -0.1) is 0 Å². The monoisotopic (exact) mass is 241 g/mol. The van der Waals surface area contributed by atoms with Gasteiger partial charge in [-0.25, -0.2) is 8.78 Å². The lowest BCUT2D eigenvalue weighted by Gasteiger charge is -2.36. The lowest BCUT2D eigenvalue weighted by molar-refractivity contribution is 0.131. The summed E-state index contributed by atoms with van der Waals surface area (Å²) in [6.07, 6.45) is -0.368. The quantitative estimate of drug-likeness (QED) is 0.856. The molecule has 1 aliphatic rings. The number of alkyl halides is 2. The van der Waals surface area contributed by atoms with E-state index in [4.69, 9.17) is 4.74 Å². The van der Waals surface area contributed by atoms with Crippen LogP contribution in [-0.2, 0) is 0 Å². The van der Waals surface area contributed by atoms with Gasteiger partial charge in [-0.3, -0.25) is 0 Å². The van der Waals surface area contributed by atoms with E-state index in [9.17, 15) is 8.78 Å². The highest BCUT2D eigenvalue weighted by Gasteiger charge is 2.30. The molecule has 0 atom stereocenters. The number of benzene rings is 1. The molecule has 0 radical (unpaired) electrons. The molecule has 2 rings (SSSR count). The summed E-state index contributed by atoms with van der Waals surface area (Å²) >= 11 is 0. The van der Waals surface area contributed by atoms with E-state index in [0.29, 0.717) is 5.92 Å². The summed E-state index contributed by atoms with van der Waals surface area (Å²) in [5.74, 6) is 1.34. The Morgan fingerprint density at radius 2 is 1.94 bits per heavy atom. The predicted molar refractivity (Wildman–Crippen MR) is 62.8 cm³/mol. The SMILES string of the molecule is COc1ccc(C2CC(NCC(F)F)C2)cc1. The second-order valence-corrected chi connectivity index (χ2v) is 4.44. The Labute approximate surface area is 100.0 Å². The normalized spacial score (nSPS) is 23.5. The maximum absolute atomic E-state index is 12.0. The van der Waals surface area contributed by atoms with Gasteiger partial charge in [0.2, 0.25) is 0 Å². The van der Waals surface area contributed by atoms with Gasteiger partial charge in [0.15, 0.2) is 0 Å². The summed E-state index contributed by atoms with van der Waals surface area (Å²) in [6.45, 7) is -0.194. The Bertz CT molecular complexity index is 347. The molecule has 17 heavy (non-hydrogen) atoms. The summed E-state index contributed by atoms with van der Waals surface area (Å²) in [5, 5.41) is 2.87. The third-order valence-electron chi connectivity index (χ3n) is 3.29. The molecule has 1 fully saturated rings. The maximum Gasteiger partial charge on any atom is 0.250 e. The zero-order chi connectivity index (χ0) is 12.3. The largest absolute Gasteiger partial charge is 0.497 e. The minimum atomic E-state index is -2.25. The second kappa shape index (κ2) is 5.45. The van der Waals surface area contributed by atoms with Crippen LogP contribution in [0.5, 0.6) is 5.75 Å². The van der Waals surface area contributed by atoms with Gasteiger partial charge in [-0.2, -0.15) is 0 Å². The lowest BCUT2D eigenvalue weighted by atomic mass is 9.76. The molecule has 4 heteroatoms. The van der Waals surface area contributed by atoms with E-state index >= 15 is 0 Å². The molecule has 1 aromatic carbocycles. The number of nitrogens with one attached hydrogen (secondary N) is 1. The summed E-state index contributed by atoms with van der Waals surface area (Å²) in [5.41, 5.74) is 1.26. The van der Waals surface area contributed by atoms with Crippen molar-refractivity contribution in [3.63, 3.8) is 0 Å². The maximum atomic E-state index is 12.0. The molecule has 0 aromatic heterocycles. The topological polar surface area (TPSA) is 21.3 Å². The van der Waals surface area contributed by atoms with Crippen molar-refractivity contribution in [2.24, 2.45) is 0 Å². The van der Waals surface area contributed by atoms with E-state index < -0.39 is 6.43 Å². The molecule has 1 saturated carbocycles. The first-order chi connectivity index (χ1) is 8.19. The van der Waals surface area contributed by atoms with Gasteiger partial charge in [-0.1, -0.05) is 12.1 Å². The highest BCUT2D eigenvalue weighted by molar-refractivity contribution is 5.30. The number of hydrogen-bond donors (Lipinski definition) is 1. The minimum Gasteiger partial charge on any atom is -0.497 e. The van der Waals surface area contributed by atoms with Crippen LogP contribution in [0.1, 0.15) is 24.3 Å². The Balaban J connectivity index is 1.78. The highest BCUT2D eigenvalue weighted by Crippen LogP contribution is 2.37. The van der Waals surface area contributed by atoms with Crippen LogP contribution in [0.25, 0.3) is 0 Å². The van der Waals surface area contributed by atoms with Crippen LogP contribution in [0.4, 0.5) is 8.78 Å². The second-order valence-electron chi connectivity index (χ2n) is 4.44. The Hall–Kier alpha value is -1.16. The predicted octanol–water partition coefficient (Wildman–Crippen LogP) is 2.80. The van der Waals surface area contributed by atoms with Crippen molar-refractivity contribution < 1.29 is 13.5 Å². The number of rotatable bonds is 5. The van der Waals surface area contributed by atoms with E-state index in [-0.39, 0.29) is 12.6 Å². The first-order valence-corrected chi connectivity index (χ1v) is 5.84. The standard InChI is InChI=1S/C13H17F2NO/c1-17-12-4-2-9(3-5-12)10-6-11(7-10)16-8-13(14)15/h2-5,10-11,13,16H,6-8H2,1H3. The molecule has 1 aromatic rings. The first kappa shape index (κ1) is 12.3. The fourth-order valence-electron chi connectivity index (χ4n) is 2.19. The van der Waals surface area contributed by atoms with E-state index in [1.165, 1.54) is 5.56 Å². The van der Waals surface area contributed by atoms with Crippen LogP contribution in [0.3, 0.4) is 0 Å². The average Bonchev–Trinajstić information content (AvgIpc) is 2.27. The molecule has 0 amide bonds. The smallest absolute Gasteiger partial charge is 0.250 e. The summed E-state index contributed by atoms with van der Waals surface area (Å²) in [6, 6.07) is 8.22. The van der Waals surface area contributed by atoms with Crippen molar-refractivity contribution in [3.05, 3.63) is 29.8 Å². The van der Waals surface area contributed by atoms with Gasteiger partial charge in [0.05, 0.1) is 13.7 Å². The van der Waals surface area contributed by atoms with Crippen LogP contribution < -0.4 is 10.1 Å².